The lowest BCUT2D eigenvalue weighted by Gasteiger charge is -2.08. The normalized spacial score (nSPS) is 11.0. The van der Waals surface area contributed by atoms with E-state index in [0.29, 0.717) is 35.9 Å². The molecule has 1 aromatic carbocycles. The summed E-state index contributed by atoms with van der Waals surface area (Å²) in [5, 5.41) is 3.57. The van der Waals surface area contributed by atoms with Gasteiger partial charge < -0.3 is 5.32 Å². The Labute approximate surface area is 184 Å². The van der Waals surface area contributed by atoms with Crippen molar-refractivity contribution in [2.45, 2.75) is 25.0 Å². The van der Waals surface area contributed by atoms with Gasteiger partial charge in [0, 0.05) is 25.5 Å². The van der Waals surface area contributed by atoms with Crippen molar-refractivity contribution in [2.24, 2.45) is 0 Å². The second-order valence-electron chi connectivity index (χ2n) is 7.17. The van der Waals surface area contributed by atoms with Gasteiger partial charge in [0.05, 0.1) is 17.6 Å². The highest BCUT2D eigenvalue weighted by Crippen LogP contribution is 2.16. The molecular weight excluding hydrogens is 410 g/mol. The average molecular weight is 434 g/mol. The first-order chi connectivity index (χ1) is 15.1. The molecule has 0 aliphatic rings. The number of benzene rings is 1. The van der Waals surface area contributed by atoms with Crippen LogP contribution >= 0.6 is 11.8 Å². The Hall–Kier alpha value is -3.39. The molecule has 0 radical (unpaired) electrons. The van der Waals surface area contributed by atoms with Gasteiger partial charge in [0.25, 0.3) is 5.91 Å². The smallest absolute Gasteiger partial charge is 0.330 e. The van der Waals surface area contributed by atoms with Gasteiger partial charge in [-0.25, -0.2) is 14.8 Å². The fourth-order valence-corrected chi connectivity index (χ4v) is 4.14. The minimum atomic E-state index is -0.207. The van der Waals surface area contributed by atoms with Crippen LogP contribution in [0.5, 0.6) is 0 Å². The van der Waals surface area contributed by atoms with E-state index in [2.05, 4.69) is 21.4 Å². The summed E-state index contributed by atoms with van der Waals surface area (Å²) in [7, 11) is 0. The monoisotopic (exact) mass is 433 g/mol. The average Bonchev–Trinajstić information content (AvgIpc) is 3.05. The molecule has 4 rings (SSSR count). The van der Waals surface area contributed by atoms with Crippen LogP contribution in [0.25, 0.3) is 11.2 Å². The Bertz CT molecular complexity index is 1290. The lowest BCUT2D eigenvalue weighted by molar-refractivity contribution is 0.0948. The molecule has 3 heterocycles. The van der Waals surface area contributed by atoms with Crippen molar-refractivity contribution >= 4 is 28.8 Å². The maximum atomic E-state index is 13.2. The molecular formula is C23H23N5O2S. The van der Waals surface area contributed by atoms with Crippen LogP contribution in [0.4, 0.5) is 0 Å². The van der Waals surface area contributed by atoms with Crippen molar-refractivity contribution in [3.8, 4) is 0 Å². The molecule has 0 aliphatic heterocycles. The molecule has 7 nitrogen and oxygen atoms in total. The van der Waals surface area contributed by atoms with Gasteiger partial charge in [-0.05, 0) is 43.0 Å². The van der Waals surface area contributed by atoms with Crippen LogP contribution in [0.2, 0.25) is 0 Å². The fourth-order valence-electron chi connectivity index (χ4n) is 3.60. The number of aromatic nitrogens is 4. The number of nitrogens with one attached hydrogen (secondary N) is 1. The van der Waals surface area contributed by atoms with E-state index in [0.717, 1.165) is 16.6 Å². The number of thioether (sulfide) groups is 1. The van der Waals surface area contributed by atoms with Crippen molar-refractivity contribution in [2.75, 3.05) is 12.8 Å². The van der Waals surface area contributed by atoms with Gasteiger partial charge in [-0.2, -0.15) is 0 Å². The van der Waals surface area contributed by atoms with Gasteiger partial charge in [-0.3, -0.25) is 13.9 Å². The van der Waals surface area contributed by atoms with Crippen LogP contribution in [0.15, 0.2) is 70.7 Å². The second kappa shape index (κ2) is 9.18. The van der Waals surface area contributed by atoms with E-state index >= 15 is 0 Å². The maximum absolute atomic E-state index is 13.2. The number of imidazole rings is 1. The summed E-state index contributed by atoms with van der Waals surface area (Å²) in [6, 6.07) is 15.3. The first kappa shape index (κ1) is 20.9. The van der Waals surface area contributed by atoms with Gasteiger partial charge in [0.2, 0.25) is 0 Å². The summed E-state index contributed by atoms with van der Waals surface area (Å²) < 4.78 is 3.34. The zero-order chi connectivity index (χ0) is 21.8. The van der Waals surface area contributed by atoms with Crippen molar-refractivity contribution in [1.29, 1.82) is 0 Å². The summed E-state index contributed by atoms with van der Waals surface area (Å²) in [5.41, 5.74) is 3.98. The summed E-state index contributed by atoms with van der Waals surface area (Å²) in [5.74, 6) is -0.207. The van der Waals surface area contributed by atoms with Crippen molar-refractivity contribution in [3.05, 3.63) is 88.1 Å². The molecule has 8 heteroatoms. The molecule has 0 spiro atoms. The highest BCUT2D eigenvalue weighted by molar-refractivity contribution is 7.98. The third-order valence-corrected chi connectivity index (χ3v) is 5.74. The molecule has 1 amide bonds. The number of amides is 1. The van der Waals surface area contributed by atoms with E-state index in [-0.39, 0.29) is 11.6 Å². The van der Waals surface area contributed by atoms with E-state index in [9.17, 15) is 9.59 Å². The maximum Gasteiger partial charge on any atom is 0.330 e. The van der Waals surface area contributed by atoms with Gasteiger partial charge in [0.15, 0.2) is 5.65 Å². The molecule has 4 aromatic rings. The highest BCUT2D eigenvalue weighted by Gasteiger charge is 2.15. The van der Waals surface area contributed by atoms with Crippen molar-refractivity contribution in [3.63, 3.8) is 0 Å². The van der Waals surface area contributed by atoms with Crippen molar-refractivity contribution < 1.29 is 4.79 Å². The summed E-state index contributed by atoms with van der Waals surface area (Å²) in [6.07, 6.45) is 5.22. The number of hydrogen-bond acceptors (Lipinski definition) is 5. The zero-order valence-electron chi connectivity index (χ0n) is 17.4. The first-order valence-corrected chi connectivity index (χ1v) is 11.2. The highest BCUT2D eigenvalue weighted by atomic mass is 32.2. The second-order valence-corrected chi connectivity index (χ2v) is 7.97. The molecule has 158 valence electrons. The molecule has 0 saturated heterocycles. The number of aryl methyl sites for hydroxylation is 1. The topological polar surface area (TPSA) is 81.8 Å². The predicted molar refractivity (Wildman–Crippen MR) is 123 cm³/mol. The Morgan fingerprint density at radius 2 is 1.87 bits per heavy atom. The van der Waals surface area contributed by atoms with Gasteiger partial charge in [-0.1, -0.05) is 29.8 Å². The SMILES string of the molecule is CSc1ncccc1C(=O)NCCn1c(=O)n(Cc2cccc(C)c2)c2cccnc21. The number of hydrogen-bond donors (Lipinski definition) is 1. The third kappa shape index (κ3) is 4.39. The number of fused-ring (bicyclic) bond motifs is 1. The van der Waals surface area contributed by atoms with Gasteiger partial charge in [-0.15, -0.1) is 11.8 Å². The molecule has 0 unspecified atom stereocenters. The number of carbonyl (C=O) groups is 1. The number of nitrogens with zero attached hydrogens (tertiary/aromatic N) is 4. The minimum Gasteiger partial charge on any atom is -0.350 e. The Kier molecular flexibility index (Phi) is 6.18. The van der Waals surface area contributed by atoms with E-state index in [1.807, 2.05) is 43.5 Å². The number of rotatable bonds is 7. The molecule has 1 N–H and O–H groups in total. The van der Waals surface area contributed by atoms with Crippen LogP contribution in [-0.4, -0.2) is 37.8 Å². The molecule has 0 bridgehead atoms. The lowest BCUT2D eigenvalue weighted by Crippen LogP contribution is -2.32. The van der Waals surface area contributed by atoms with Crippen LogP contribution in [-0.2, 0) is 13.1 Å². The Morgan fingerprint density at radius 1 is 1.06 bits per heavy atom. The third-order valence-electron chi connectivity index (χ3n) is 5.03. The standard InChI is InChI=1S/C23H23N5O2S/c1-16-6-3-7-17(14-16)15-28-19-9-5-10-24-20(19)27(23(28)30)13-12-25-21(29)18-8-4-11-26-22(18)31-2/h3-11,14H,12-13,15H2,1-2H3,(H,25,29). The number of pyridine rings is 2. The Morgan fingerprint density at radius 3 is 2.68 bits per heavy atom. The van der Waals surface area contributed by atoms with Crippen LogP contribution in [0.1, 0.15) is 21.5 Å². The van der Waals surface area contributed by atoms with E-state index in [1.54, 1.807) is 33.7 Å². The quantitative estimate of drug-likeness (QED) is 0.453. The fraction of sp³-hybridized carbons (Fsp3) is 0.217. The van der Waals surface area contributed by atoms with E-state index in [4.69, 9.17) is 0 Å². The minimum absolute atomic E-state index is 0.143. The summed E-state index contributed by atoms with van der Waals surface area (Å²) in [4.78, 5) is 34.4. The van der Waals surface area contributed by atoms with Gasteiger partial charge in [0.1, 0.15) is 5.03 Å². The lowest BCUT2D eigenvalue weighted by atomic mass is 10.1. The predicted octanol–water partition coefficient (Wildman–Crippen LogP) is 3.10. The van der Waals surface area contributed by atoms with Crippen LogP contribution in [0.3, 0.4) is 0 Å². The Balaban J connectivity index is 1.56. The summed E-state index contributed by atoms with van der Waals surface area (Å²) in [6.45, 7) is 3.13. The van der Waals surface area contributed by atoms with Crippen LogP contribution in [0, 0.1) is 6.92 Å². The number of carbonyl (C=O) groups excluding carboxylic acids is 1. The molecule has 0 atom stereocenters. The molecule has 3 aromatic heterocycles. The molecule has 0 aliphatic carbocycles. The van der Waals surface area contributed by atoms with Crippen molar-refractivity contribution in [1.82, 2.24) is 24.4 Å². The summed E-state index contributed by atoms with van der Waals surface area (Å²) >= 11 is 1.42. The zero-order valence-corrected chi connectivity index (χ0v) is 18.2. The van der Waals surface area contributed by atoms with E-state index < -0.39 is 0 Å². The van der Waals surface area contributed by atoms with Crippen LogP contribution < -0.4 is 11.0 Å². The first-order valence-electron chi connectivity index (χ1n) is 9.95. The van der Waals surface area contributed by atoms with E-state index in [1.165, 1.54) is 11.8 Å². The molecule has 0 saturated carbocycles. The van der Waals surface area contributed by atoms with Gasteiger partial charge >= 0.3 is 5.69 Å². The molecule has 31 heavy (non-hydrogen) atoms. The largest absolute Gasteiger partial charge is 0.350 e. The molecule has 0 fully saturated rings.